The van der Waals surface area contributed by atoms with Gasteiger partial charge in [0.25, 0.3) is 5.91 Å². The van der Waals surface area contributed by atoms with Crippen LogP contribution >= 0.6 is 0 Å². The molecule has 124 valence electrons. The molecule has 0 atom stereocenters. The molecule has 0 saturated heterocycles. The fourth-order valence-electron chi connectivity index (χ4n) is 3.10. The summed E-state index contributed by atoms with van der Waals surface area (Å²) in [5, 5.41) is 1.75. The van der Waals surface area contributed by atoms with E-state index in [-0.39, 0.29) is 0 Å². The number of pyridine rings is 1. The Morgan fingerprint density at radius 1 is 1.17 bits per heavy atom. The van der Waals surface area contributed by atoms with E-state index >= 15 is 0 Å². The van der Waals surface area contributed by atoms with Crippen LogP contribution in [0.3, 0.4) is 0 Å². The summed E-state index contributed by atoms with van der Waals surface area (Å²) in [4.78, 5) is 18.6. The second-order valence-electron chi connectivity index (χ2n) is 6.31. The summed E-state index contributed by atoms with van der Waals surface area (Å²) >= 11 is 0. The number of benzene rings is 2. The molecular formula is C19H22N4O. The Morgan fingerprint density at radius 2 is 1.92 bits per heavy atom. The maximum Gasteiger partial charge on any atom is 0.250 e. The van der Waals surface area contributed by atoms with Crippen molar-refractivity contribution in [1.29, 1.82) is 0 Å². The molecule has 0 saturated carbocycles. The SMILES string of the molecule is CN(C)CCCc1ccc(C(N)=O)c2nc3ccccc3c(N)c12. The molecule has 0 aliphatic heterocycles. The van der Waals surface area contributed by atoms with Crippen molar-refractivity contribution in [3.8, 4) is 0 Å². The molecule has 0 aliphatic rings. The first-order chi connectivity index (χ1) is 11.5. The predicted octanol–water partition coefficient (Wildman–Crippen LogP) is 2.56. The van der Waals surface area contributed by atoms with Crippen molar-refractivity contribution in [3.63, 3.8) is 0 Å². The van der Waals surface area contributed by atoms with E-state index in [9.17, 15) is 4.79 Å². The maximum absolute atomic E-state index is 11.8. The van der Waals surface area contributed by atoms with Gasteiger partial charge in [0.15, 0.2) is 0 Å². The van der Waals surface area contributed by atoms with Crippen molar-refractivity contribution >= 4 is 33.4 Å². The zero-order valence-electron chi connectivity index (χ0n) is 14.0. The summed E-state index contributed by atoms with van der Waals surface area (Å²) in [5.74, 6) is -0.484. The van der Waals surface area contributed by atoms with Crippen molar-refractivity contribution in [2.24, 2.45) is 5.73 Å². The highest BCUT2D eigenvalue weighted by molar-refractivity contribution is 6.14. The van der Waals surface area contributed by atoms with Gasteiger partial charge in [-0.05, 0) is 51.2 Å². The molecule has 4 N–H and O–H groups in total. The summed E-state index contributed by atoms with van der Waals surface area (Å²) in [6.45, 7) is 0.986. The Labute approximate surface area is 141 Å². The Hall–Kier alpha value is -2.66. The minimum absolute atomic E-state index is 0.416. The number of para-hydroxylation sites is 1. The number of aryl methyl sites for hydroxylation is 1. The van der Waals surface area contributed by atoms with E-state index < -0.39 is 5.91 Å². The third kappa shape index (κ3) is 2.90. The summed E-state index contributed by atoms with van der Waals surface area (Å²) in [6, 6.07) is 11.4. The molecule has 5 heteroatoms. The van der Waals surface area contributed by atoms with Crippen LogP contribution in [0.4, 0.5) is 5.69 Å². The Kier molecular flexibility index (Phi) is 4.36. The number of amides is 1. The molecule has 24 heavy (non-hydrogen) atoms. The topological polar surface area (TPSA) is 85.2 Å². The zero-order chi connectivity index (χ0) is 17.3. The molecule has 5 nitrogen and oxygen atoms in total. The van der Waals surface area contributed by atoms with Crippen molar-refractivity contribution in [3.05, 3.63) is 47.5 Å². The highest BCUT2D eigenvalue weighted by Gasteiger charge is 2.16. The third-order valence-corrected chi connectivity index (χ3v) is 4.28. The predicted molar refractivity (Wildman–Crippen MR) is 99.1 cm³/mol. The van der Waals surface area contributed by atoms with Crippen LogP contribution in [-0.2, 0) is 6.42 Å². The maximum atomic E-state index is 11.8. The number of anilines is 1. The van der Waals surface area contributed by atoms with Crippen LogP contribution in [0.5, 0.6) is 0 Å². The number of primary amides is 1. The van der Waals surface area contributed by atoms with E-state index in [1.165, 1.54) is 0 Å². The average Bonchev–Trinajstić information content (AvgIpc) is 2.54. The van der Waals surface area contributed by atoms with Crippen LogP contribution < -0.4 is 11.5 Å². The van der Waals surface area contributed by atoms with Gasteiger partial charge < -0.3 is 16.4 Å². The smallest absolute Gasteiger partial charge is 0.250 e. The van der Waals surface area contributed by atoms with Gasteiger partial charge in [0.05, 0.1) is 22.3 Å². The largest absolute Gasteiger partial charge is 0.398 e. The quantitative estimate of drug-likeness (QED) is 0.707. The summed E-state index contributed by atoms with van der Waals surface area (Å²) in [6.07, 6.45) is 1.88. The van der Waals surface area contributed by atoms with Crippen LogP contribution in [0.15, 0.2) is 36.4 Å². The second-order valence-corrected chi connectivity index (χ2v) is 6.31. The minimum atomic E-state index is -0.484. The lowest BCUT2D eigenvalue weighted by molar-refractivity contribution is 0.100. The van der Waals surface area contributed by atoms with E-state index in [1.54, 1.807) is 6.07 Å². The first-order valence-electron chi connectivity index (χ1n) is 8.03. The summed E-state index contributed by atoms with van der Waals surface area (Å²) < 4.78 is 0. The number of fused-ring (bicyclic) bond motifs is 2. The highest BCUT2D eigenvalue weighted by Crippen LogP contribution is 2.33. The molecule has 0 fully saturated rings. The van der Waals surface area contributed by atoms with Gasteiger partial charge in [-0.3, -0.25) is 4.79 Å². The molecule has 2 aromatic carbocycles. The fraction of sp³-hybridized carbons (Fsp3) is 0.263. The second kappa shape index (κ2) is 6.45. The van der Waals surface area contributed by atoms with Crippen LogP contribution in [0, 0.1) is 0 Å². The molecular weight excluding hydrogens is 300 g/mol. The molecule has 0 unspecified atom stereocenters. The Morgan fingerprint density at radius 3 is 2.62 bits per heavy atom. The molecule has 0 bridgehead atoms. The first kappa shape index (κ1) is 16.2. The van der Waals surface area contributed by atoms with Gasteiger partial charge >= 0.3 is 0 Å². The number of rotatable bonds is 5. The van der Waals surface area contributed by atoms with Gasteiger partial charge in [-0.25, -0.2) is 4.98 Å². The van der Waals surface area contributed by atoms with E-state index in [2.05, 4.69) is 24.0 Å². The van der Waals surface area contributed by atoms with Crippen molar-refractivity contribution in [2.75, 3.05) is 26.4 Å². The minimum Gasteiger partial charge on any atom is -0.398 e. The Bertz CT molecular complexity index is 918. The van der Waals surface area contributed by atoms with Gasteiger partial charge in [-0.2, -0.15) is 0 Å². The van der Waals surface area contributed by atoms with Crippen LogP contribution in [0.1, 0.15) is 22.3 Å². The summed E-state index contributed by atoms with van der Waals surface area (Å²) in [5.41, 5.74) is 15.5. The van der Waals surface area contributed by atoms with Crippen molar-refractivity contribution in [1.82, 2.24) is 9.88 Å². The monoisotopic (exact) mass is 322 g/mol. The number of aromatic nitrogens is 1. The molecule has 3 rings (SSSR count). The fourth-order valence-corrected chi connectivity index (χ4v) is 3.10. The number of nitrogen functional groups attached to an aromatic ring is 1. The van der Waals surface area contributed by atoms with E-state index in [0.717, 1.165) is 41.2 Å². The standard InChI is InChI=1S/C19H22N4O/c1-23(2)11-5-6-12-9-10-14(19(21)24)18-16(12)17(20)13-7-3-4-8-15(13)22-18/h3-4,7-10H,5-6,11H2,1-2H3,(H2,20,22)(H2,21,24). The van der Waals surface area contributed by atoms with Gasteiger partial charge in [-0.1, -0.05) is 24.3 Å². The average molecular weight is 322 g/mol. The number of nitrogens with zero attached hydrogens (tertiary/aromatic N) is 2. The molecule has 0 aliphatic carbocycles. The van der Waals surface area contributed by atoms with Gasteiger partial charge in [-0.15, -0.1) is 0 Å². The van der Waals surface area contributed by atoms with Gasteiger partial charge in [0.1, 0.15) is 0 Å². The molecule has 1 heterocycles. The van der Waals surface area contributed by atoms with Crippen LogP contribution in [-0.4, -0.2) is 36.4 Å². The summed E-state index contributed by atoms with van der Waals surface area (Å²) in [7, 11) is 4.11. The lowest BCUT2D eigenvalue weighted by Gasteiger charge is -2.14. The number of carbonyl (C=O) groups is 1. The highest BCUT2D eigenvalue weighted by atomic mass is 16.1. The van der Waals surface area contributed by atoms with E-state index in [0.29, 0.717) is 16.8 Å². The molecule has 0 spiro atoms. The number of hydrogen-bond donors (Lipinski definition) is 2. The van der Waals surface area contributed by atoms with Crippen LogP contribution in [0.25, 0.3) is 21.8 Å². The van der Waals surface area contributed by atoms with Gasteiger partial charge in [0.2, 0.25) is 0 Å². The molecule has 1 amide bonds. The zero-order valence-corrected chi connectivity index (χ0v) is 14.0. The lowest BCUT2D eigenvalue weighted by atomic mass is 9.96. The lowest BCUT2D eigenvalue weighted by Crippen LogP contribution is -2.15. The molecule has 0 radical (unpaired) electrons. The Balaban J connectivity index is 2.24. The third-order valence-electron chi connectivity index (χ3n) is 4.28. The first-order valence-corrected chi connectivity index (χ1v) is 8.03. The van der Waals surface area contributed by atoms with E-state index in [1.807, 2.05) is 30.3 Å². The van der Waals surface area contributed by atoms with E-state index in [4.69, 9.17) is 11.5 Å². The van der Waals surface area contributed by atoms with Crippen molar-refractivity contribution < 1.29 is 4.79 Å². The van der Waals surface area contributed by atoms with Gasteiger partial charge in [0, 0.05) is 10.8 Å². The van der Waals surface area contributed by atoms with Crippen LogP contribution in [0.2, 0.25) is 0 Å². The number of carbonyl (C=O) groups excluding carboxylic acids is 1. The molecule has 1 aromatic heterocycles. The number of hydrogen-bond acceptors (Lipinski definition) is 4. The van der Waals surface area contributed by atoms with Crippen molar-refractivity contribution in [2.45, 2.75) is 12.8 Å². The number of nitrogens with two attached hydrogens (primary N) is 2. The molecule has 3 aromatic rings. The normalized spacial score (nSPS) is 11.5.